The predicted octanol–water partition coefficient (Wildman–Crippen LogP) is 2.67. The van der Waals surface area contributed by atoms with E-state index in [4.69, 9.17) is 16.7 Å². The van der Waals surface area contributed by atoms with E-state index in [0.717, 1.165) is 11.1 Å². The maximum atomic E-state index is 12.1. The fraction of sp³-hybridized carbons (Fsp3) is 0.400. The number of rotatable bonds is 7. The Morgan fingerprint density at radius 3 is 2.75 bits per heavy atom. The van der Waals surface area contributed by atoms with E-state index in [2.05, 4.69) is 11.9 Å². The molecule has 20 heavy (non-hydrogen) atoms. The van der Waals surface area contributed by atoms with Crippen LogP contribution in [0.1, 0.15) is 19.4 Å². The van der Waals surface area contributed by atoms with Crippen LogP contribution in [0.2, 0.25) is 5.02 Å². The average Bonchev–Trinajstić information content (AvgIpc) is 2.43. The fourth-order valence-corrected chi connectivity index (χ4v) is 1.98. The highest BCUT2D eigenvalue weighted by Crippen LogP contribution is 2.22. The molecule has 5 heteroatoms. The maximum absolute atomic E-state index is 12.1. The van der Waals surface area contributed by atoms with Crippen LogP contribution in [0, 0.1) is 0 Å². The molecule has 0 saturated carbocycles. The molecule has 1 aromatic rings. The third-order valence-corrected chi connectivity index (χ3v) is 3.17. The van der Waals surface area contributed by atoms with Crippen molar-refractivity contribution in [2.75, 3.05) is 25.0 Å². The highest BCUT2D eigenvalue weighted by Gasteiger charge is 2.12. The van der Waals surface area contributed by atoms with Gasteiger partial charge < -0.3 is 15.3 Å². The van der Waals surface area contributed by atoms with Crippen LogP contribution in [0.25, 0.3) is 0 Å². The summed E-state index contributed by atoms with van der Waals surface area (Å²) in [5.74, 6) is -0.0130. The first kappa shape index (κ1) is 16.5. The second-order valence-corrected chi connectivity index (χ2v) is 5.10. The Morgan fingerprint density at radius 1 is 1.50 bits per heavy atom. The molecule has 0 fully saturated rings. The number of nitrogens with zero attached hydrogens (tertiary/aromatic N) is 1. The van der Waals surface area contributed by atoms with Crippen molar-refractivity contribution in [3.8, 4) is 0 Å². The molecule has 0 atom stereocenters. The normalized spacial score (nSPS) is 10.2. The lowest BCUT2D eigenvalue weighted by Crippen LogP contribution is -2.36. The largest absolute Gasteiger partial charge is 0.392 e. The SMILES string of the molecule is C=C(C)CN(CC)C(=O)CNc1cc(CO)ccc1Cl. The van der Waals surface area contributed by atoms with E-state index >= 15 is 0 Å². The molecule has 0 unspecified atom stereocenters. The Hall–Kier alpha value is -1.52. The highest BCUT2D eigenvalue weighted by molar-refractivity contribution is 6.33. The molecule has 0 heterocycles. The zero-order valence-corrected chi connectivity index (χ0v) is 12.7. The van der Waals surface area contributed by atoms with Gasteiger partial charge in [-0.25, -0.2) is 0 Å². The van der Waals surface area contributed by atoms with E-state index in [1.165, 1.54) is 0 Å². The van der Waals surface area contributed by atoms with Gasteiger partial charge >= 0.3 is 0 Å². The van der Waals surface area contributed by atoms with Crippen molar-refractivity contribution in [3.05, 3.63) is 40.9 Å². The average molecular weight is 297 g/mol. The first-order valence-corrected chi connectivity index (χ1v) is 6.91. The van der Waals surface area contributed by atoms with Crippen LogP contribution in [-0.2, 0) is 11.4 Å². The van der Waals surface area contributed by atoms with Gasteiger partial charge in [-0.15, -0.1) is 0 Å². The number of aliphatic hydroxyl groups is 1. The fourth-order valence-electron chi connectivity index (χ4n) is 1.79. The minimum absolute atomic E-state index is 0.0130. The van der Waals surface area contributed by atoms with Crippen molar-refractivity contribution in [3.63, 3.8) is 0 Å². The standard InChI is InChI=1S/C15H21ClN2O2/c1-4-18(9-11(2)3)15(20)8-17-14-7-12(10-19)5-6-13(14)16/h5-7,17,19H,2,4,8-10H2,1,3H3. The van der Waals surface area contributed by atoms with Crippen molar-refractivity contribution in [1.29, 1.82) is 0 Å². The summed E-state index contributed by atoms with van der Waals surface area (Å²) in [5.41, 5.74) is 2.34. The first-order valence-electron chi connectivity index (χ1n) is 6.53. The smallest absolute Gasteiger partial charge is 0.242 e. The third-order valence-electron chi connectivity index (χ3n) is 2.84. The lowest BCUT2D eigenvalue weighted by Gasteiger charge is -2.21. The molecule has 1 amide bonds. The number of halogens is 1. The van der Waals surface area contributed by atoms with Crippen molar-refractivity contribution in [2.45, 2.75) is 20.5 Å². The van der Waals surface area contributed by atoms with E-state index in [1.807, 2.05) is 13.8 Å². The molecule has 0 saturated heterocycles. The van der Waals surface area contributed by atoms with Gasteiger partial charge in [0.2, 0.25) is 5.91 Å². The van der Waals surface area contributed by atoms with Crippen LogP contribution >= 0.6 is 11.6 Å². The van der Waals surface area contributed by atoms with Crippen LogP contribution in [0.4, 0.5) is 5.69 Å². The number of likely N-dealkylation sites (N-methyl/N-ethyl adjacent to an activating group) is 1. The van der Waals surface area contributed by atoms with Crippen LogP contribution in [-0.4, -0.2) is 35.5 Å². The van der Waals surface area contributed by atoms with Gasteiger partial charge in [-0.1, -0.05) is 29.8 Å². The topological polar surface area (TPSA) is 52.6 Å². The van der Waals surface area contributed by atoms with E-state index in [9.17, 15) is 4.79 Å². The molecule has 0 aliphatic carbocycles. The molecule has 1 rings (SSSR count). The van der Waals surface area contributed by atoms with Crippen molar-refractivity contribution >= 4 is 23.2 Å². The Kier molecular flexibility index (Phi) is 6.55. The summed E-state index contributed by atoms with van der Waals surface area (Å²) in [6.45, 7) is 8.94. The van der Waals surface area contributed by atoms with Crippen LogP contribution in [0.15, 0.2) is 30.4 Å². The lowest BCUT2D eigenvalue weighted by atomic mass is 10.2. The summed E-state index contributed by atoms with van der Waals surface area (Å²) in [6.07, 6.45) is 0. The summed E-state index contributed by atoms with van der Waals surface area (Å²) in [7, 11) is 0. The molecule has 1 aromatic carbocycles. The van der Waals surface area contributed by atoms with Crippen molar-refractivity contribution < 1.29 is 9.90 Å². The Bertz CT molecular complexity index is 489. The number of nitrogens with one attached hydrogen (secondary N) is 1. The van der Waals surface area contributed by atoms with Gasteiger partial charge in [0.1, 0.15) is 0 Å². The lowest BCUT2D eigenvalue weighted by molar-refractivity contribution is -0.128. The molecule has 0 aliphatic heterocycles. The molecule has 110 valence electrons. The van der Waals surface area contributed by atoms with Gasteiger partial charge in [0.05, 0.1) is 23.9 Å². The summed E-state index contributed by atoms with van der Waals surface area (Å²) < 4.78 is 0. The molecular formula is C15H21ClN2O2. The number of hydrogen-bond donors (Lipinski definition) is 2. The Balaban J connectivity index is 2.66. The molecule has 2 N–H and O–H groups in total. The quantitative estimate of drug-likeness (QED) is 0.761. The first-order chi connectivity index (χ1) is 9.47. The molecule has 0 aliphatic rings. The number of carbonyl (C=O) groups is 1. The van der Waals surface area contributed by atoms with E-state index in [-0.39, 0.29) is 19.1 Å². The molecule has 0 spiro atoms. The van der Waals surface area contributed by atoms with Crippen LogP contribution < -0.4 is 5.32 Å². The number of hydrogen-bond acceptors (Lipinski definition) is 3. The maximum Gasteiger partial charge on any atom is 0.242 e. The highest BCUT2D eigenvalue weighted by atomic mass is 35.5. The summed E-state index contributed by atoms with van der Waals surface area (Å²) in [4.78, 5) is 13.8. The van der Waals surface area contributed by atoms with Gasteiger partial charge in [0.15, 0.2) is 0 Å². The zero-order valence-electron chi connectivity index (χ0n) is 11.9. The summed E-state index contributed by atoms with van der Waals surface area (Å²) >= 11 is 6.05. The predicted molar refractivity (Wildman–Crippen MR) is 82.9 cm³/mol. The molecule has 0 bridgehead atoms. The van der Waals surface area contributed by atoms with Crippen molar-refractivity contribution in [2.24, 2.45) is 0 Å². The summed E-state index contributed by atoms with van der Waals surface area (Å²) in [5, 5.41) is 12.6. The molecular weight excluding hydrogens is 276 g/mol. The molecule has 0 aromatic heterocycles. The monoisotopic (exact) mass is 296 g/mol. The van der Waals surface area contributed by atoms with E-state index < -0.39 is 0 Å². The minimum atomic E-state index is -0.0590. The van der Waals surface area contributed by atoms with Gasteiger partial charge in [0, 0.05) is 13.1 Å². The number of benzene rings is 1. The van der Waals surface area contributed by atoms with Crippen LogP contribution in [0.5, 0.6) is 0 Å². The minimum Gasteiger partial charge on any atom is -0.392 e. The Labute approximate surface area is 125 Å². The third kappa shape index (κ3) is 4.87. The number of carbonyl (C=O) groups excluding carboxylic acids is 1. The van der Waals surface area contributed by atoms with E-state index in [1.54, 1.807) is 23.1 Å². The molecule has 4 nitrogen and oxygen atoms in total. The van der Waals surface area contributed by atoms with Gasteiger partial charge in [-0.2, -0.15) is 0 Å². The second kappa shape index (κ2) is 7.92. The number of aliphatic hydroxyl groups excluding tert-OH is 1. The Morgan fingerprint density at radius 2 is 2.20 bits per heavy atom. The summed E-state index contributed by atoms with van der Waals surface area (Å²) in [6, 6.07) is 5.19. The number of anilines is 1. The molecule has 0 radical (unpaired) electrons. The van der Waals surface area contributed by atoms with Crippen LogP contribution in [0.3, 0.4) is 0 Å². The second-order valence-electron chi connectivity index (χ2n) is 4.69. The number of amides is 1. The van der Waals surface area contributed by atoms with Gasteiger partial charge in [-0.3, -0.25) is 4.79 Å². The van der Waals surface area contributed by atoms with E-state index in [0.29, 0.717) is 23.8 Å². The van der Waals surface area contributed by atoms with Gasteiger partial charge in [0.25, 0.3) is 0 Å². The van der Waals surface area contributed by atoms with Crippen molar-refractivity contribution in [1.82, 2.24) is 4.90 Å². The van der Waals surface area contributed by atoms with Gasteiger partial charge in [-0.05, 0) is 31.5 Å². The zero-order chi connectivity index (χ0) is 15.1.